The van der Waals surface area contributed by atoms with Gasteiger partial charge in [-0.1, -0.05) is 50.1 Å². The van der Waals surface area contributed by atoms with Crippen LogP contribution in [-0.2, 0) is 0 Å². The van der Waals surface area contributed by atoms with E-state index in [0.29, 0.717) is 5.56 Å². The van der Waals surface area contributed by atoms with Gasteiger partial charge in [-0.15, -0.1) is 0 Å². The molecular formula is C15H14Br2FN. The van der Waals surface area contributed by atoms with Crippen LogP contribution < -0.4 is 5.32 Å². The molecule has 2 aromatic rings. The van der Waals surface area contributed by atoms with Crippen LogP contribution in [0.5, 0.6) is 0 Å². The molecule has 0 amide bonds. The molecule has 0 heterocycles. The van der Waals surface area contributed by atoms with Crippen LogP contribution in [-0.4, -0.2) is 7.05 Å². The molecule has 1 unspecified atom stereocenters. The molecule has 19 heavy (non-hydrogen) atoms. The third kappa shape index (κ3) is 3.25. The maximum atomic E-state index is 13.4. The second-order valence-electron chi connectivity index (χ2n) is 4.40. The minimum absolute atomic E-state index is 0.0294. The van der Waals surface area contributed by atoms with E-state index in [1.165, 1.54) is 6.07 Å². The third-order valence-corrected chi connectivity index (χ3v) is 4.26. The van der Waals surface area contributed by atoms with Crippen LogP contribution in [0.4, 0.5) is 4.39 Å². The molecular weight excluding hydrogens is 373 g/mol. The van der Waals surface area contributed by atoms with E-state index in [0.717, 1.165) is 20.1 Å². The van der Waals surface area contributed by atoms with E-state index >= 15 is 0 Å². The van der Waals surface area contributed by atoms with Gasteiger partial charge in [-0.05, 0) is 48.9 Å². The molecule has 4 heteroatoms. The summed E-state index contributed by atoms with van der Waals surface area (Å²) in [5, 5.41) is 3.27. The molecule has 100 valence electrons. The van der Waals surface area contributed by atoms with Gasteiger partial charge in [0.1, 0.15) is 5.82 Å². The van der Waals surface area contributed by atoms with Crippen molar-refractivity contribution in [1.29, 1.82) is 0 Å². The van der Waals surface area contributed by atoms with Crippen LogP contribution in [0.25, 0.3) is 0 Å². The number of rotatable bonds is 3. The molecule has 2 rings (SSSR count). The number of halogens is 3. The summed E-state index contributed by atoms with van der Waals surface area (Å²) in [6.07, 6.45) is 0. The smallest absolute Gasteiger partial charge is 0.126 e. The third-order valence-electron chi connectivity index (χ3n) is 3.08. The highest BCUT2D eigenvalue weighted by Crippen LogP contribution is 2.31. The van der Waals surface area contributed by atoms with Gasteiger partial charge in [-0.3, -0.25) is 0 Å². The van der Waals surface area contributed by atoms with E-state index in [1.807, 2.05) is 37.4 Å². The first-order chi connectivity index (χ1) is 9.02. The average Bonchev–Trinajstić information content (AvgIpc) is 2.37. The van der Waals surface area contributed by atoms with Gasteiger partial charge in [0.2, 0.25) is 0 Å². The molecule has 0 spiro atoms. The fourth-order valence-corrected chi connectivity index (χ4v) is 3.36. The highest BCUT2D eigenvalue weighted by atomic mass is 79.9. The topological polar surface area (TPSA) is 12.0 Å². The summed E-state index contributed by atoms with van der Waals surface area (Å²) in [5.74, 6) is -0.173. The van der Waals surface area contributed by atoms with Crippen molar-refractivity contribution in [1.82, 2.24) is 5.32 Å². The van der Waals surface area contributed by atoms with Gasteiger partial charge < -0.3 is 5.32 Å². The van der Waals surface area contributed by atoms with E-state index in [9.17, 15) is 4.39 Å². The number of hydrogen-bond donors (Lipinski definition) is 1. The van der Waals surface area contributed by atoms with Gasteiger partial charge in [0.15, 0.2) is 0 Å². The molecule has 0 fully saturated rings. The SMILES string of the molecule is CNC(c1ccc(F)c(C)c1)c1ccc(Br)cc1Br. The predicted molar refractivity (Wildman–Crippen MR) is 83.9 cm³/mol. The quantitative estimate of drug-likeness (QED) is 0.785. The molecule has 0 saturated carbocycles. The van der Waals surface area contributed by atoms with Crippen LogP contribution in [0.3, 0.4) is 0 Å². The normalized spacial score (nSPS) is 12.5. The Morgan fingerprint density at radius 2 is 1.84 bits per heavy atom. The minimum atomic E-state index is -0.173. The highest BCUT2D eigenvalue weighted by Gasteiger charge is 2.16. The average molecular weight is 387 g/mol. The summed E-state index contributed by atoms with van der Waals surface area (Å²) in [6.45, 7) is 1.78. The summed E-state index contributed by atoms with van der Waals surface area (Å²) >= 11 is 7.02. The molecule has 0 radical (unpaired) electrons. The first-order valence-corrected chi connectivity index (χ1v) is 7.50. The maximum absolute atomic E-state index is 13.4. The summed E-state index contributed by atoms with van der Waals surface area (Å²) in [7, 11) is 1.90. The van der Waals surface area contributed by atoms with Crippen molar-refractivity contribution in [3.05, 3.63) is 67.9 Å². The summed E-state index contributed by atoms with van der Waals surface area (Å²) < 4.78 is 15.4. The summed E-state index contributed by atoms with van der Waals surface area (Å²) in [6, 6.07) is 11.3. The number of hydrogen-bond acceptors (Lipinski definition) is 1. The van der Waals surface area contributed by atoms with Crippen LogP contribution in [0.15, 0.2) is 45.3 Å². The largest absolute Gasteiger partial charge is 0.309 e. The molecule has 1 N–H and O–H groups in total. The molecule has 0 saturated heterocycles. The Bertz CT molecular complexity index is 599. The Kier molecular flexibility index (Phi) is 4.76. The van der Waals surface area contributed by atoms with Gasteiger partial charge in [0.05, 0.1) is 6.04 Å². The van der Waals surface area contributed by atoms with Crippen molar-refractivity contribution in [2.75, 3.05) is 7.05 Å². The van der Waals surface area contributed by atoms with Crippen molar-refractivity contribution in [2.45, 2.75) is 13.0 Å². The van der Waals surface area contributed by atoms with Crippen molar-refractivity contribution in [3.8, 4) is 0 Å². The number of aryl methyl sites for hydroxylation is 1. The molecule has 1 nitrogen and oxygen atoms in total. The lowest BCUT2D eigenvalue weighted by Crippen LogP contribution is -2.18. The fraction of sp³-hybridized carbons (Fsp3) is 0.200. The Hall–Kier alpha value is -0.710. The van der Waals surface area contributed by atoms with E-state index in [-0.39, 0.29) is 11.9 Å². The van der Waals surface area contributed by atoms with Gasteiger partial charge >= 0.3 is 0 Å². The van der Waals surface area contributed by atoms with E-state index < -0.39 is 0 Å². The molecule has 2 aromatic carbocycles. The van der Waals surface area contributed by atoms with Gasteiger partial charge in [-0.25, -0.2) is 4.39 Å². The molecule has 0 aromatic heterocycles. The minimum Gasteiger partial charge on any atom is -0.309 e. The Morgan fingerprint density at radius 3 is 2.42 bits per heavy atom. The first kappa shape index (κ1) is 14.7. The fourth-order valence-electron chi connectivity index (χ4n) is 2.08. The molecule has 0 aliphatic carbocycles. The molecule has 0 aliphatic heterocycles. The van der Waals surface area contributed by atoms with Crippen LogP contribution in [0.2, 0.25) is 0 Å². The Morgan fingerprint density at radius 1 is 1.11 bits per heavy atom. The second kappa shape index (κ2) is 6.16. The number of nitrogens with one attached hydrogen (secondary N) is 1. The maximum Gasteiger partial charge on any atom is 0.126 e. The predicted octanol–water partition coefficient (Wildman–Crippen LogP) is 4.97. The van der Waals surface area contributed by atoms with E-state index in [1.54, 1.807) is 6.92 Å². The zero-order chi connectivity index (χ0) is 14.0. The lowest BCUT2D eigenvalue weighted by molar-refractivity contribution is 0.614. The van der Waals surface area contributed by atoms with Crippen LogP contribution in [0, 0.1) is 12.7 Å². The number of benzene rings is 2. The molecule has 0 bridgehead atoms. The van der Waals surface area contributed by atoms with Crippen LogP contribution >= 0.6 is 31.9 Å². The summed E-state index contributed by atoms with van der Waals surface area (Å²) in [5.41, 5.74) is 2.83. The van der Waals surface area contributed by atoms with E-state index in [4.69, 9.17) is 0 Å². The molecule has 0 aliphatic rings. The highest BCUT2D eigenvalue weighted by molar-refractivity contribution is 9.11. The Labute approximate surface area is 129 Å². The van der Waals surface area contributed by atoms with Crippen molar-refractivity contribution in [2.24, 2.45) is 0 Å². The first-order valence-electron chi connectivity index (χ1n) is 5.91. The monoisotopic (exact) mass is 385 g/mol. The van der Waals surface area contributed by atoms with Gasteiger partial charge in [0.25, 0.3) is 0 Å². The van der Waals surface area contributed by atoms with Crippen LogP contribution in [0.1, 0.15) is 22.7 Å². The van der Waals surface area contributed by atoms with Crippen molar-refractivity contribution < 1.29 is 4.39 Å². The van der Waals surface area contributed by atoms with E-state index in [2.05, 4.69) is 37.2 Å². The van der Waals surface area contributed by atoms with Gasteiger partial charge in [-0.2, -0.15) is 0 Å². The zero-order valence-corrected chi connectivity index (χ0v) is 13.8. The summed E-state index contributed by atoms with van der Waals surface area (Å²) in [4.78, 5) is 0. The zero-order valence-electron chi connectivity index (χ0n) is 10.7. The lowest BCUT2D eigenvalue weighted by atomic mass is 9.97. The van der Waals surface area contributed by atoms with Crippen molar-refractivity contribution in [3.63, 3.8) is 0 Å². The Balaban J connectivity index is 2.46. The van der Waals surface area contributed by atoms with Gasteiger partial charge in [0, 0.05) is 8.95 Å². The standard InChI is InChI=1S/C15H14Br2FN/c1-9-7-10(3-6-14(9)18)15(19-2)12-5-4-11(16)8-13(12)17/h3-8,15,19H,1-2H3. The molecule has 1 atom stereocenters. The second-order valence-corrected chi connectivity index (χ2v) is 6.17. The lowest BCUT2D eigenvalue weighted by Gasteiger charge is -2.19. The van der Waals surface area contributed by atoms with Crippen molar-refractivity contribution >= 4 is 31.9 Å².